The molecule has 0 spiro atoms. The number of pyridine rings is 1. The quantitative estimate of drug-likeness (QED) is 0.408. The van der Waals surface area contributed by atoms with Gasteiger partial charge in [-0.25, -0.2) is 9.37 Å². The van der Waals surface area contributed by atoms with Gasteiger partial charge in [-0.05, 0) is 80.2 Å². The van der Waals surface area contributed by atoms with Crippen molar-refractivity contribution in [3.05, 3.63) is 36.3 Å². The van der Waals surface area contributed by atoms with Crippen molar-refractivity contribution in [2.45, 2.75) is 50.7 Å². The van der Waals surface area contributed by atoms with E-state index in [9.17, 15) is 4.79 Å². The largest absolute Gasteiger partial charge is 0.416 e. The number of nitrogens with zero attached hydrogens (tertiary/aromatic N) is 6. The zero-order valence-corrected chi connectivity index (χ0v) is 24.4. The average Bonchev–Trinajstić information content (AvgIpc) is 3.69. The number of anilines is 3. The van der Waals surface area contributed by atoms with Crippen LogP contribution in [0.2, 0.25) is 0 Å². The fourth-order valence-electron chi connectivity index (χ4n) is 6.41. The molecule has 2 saturated heterocycles. The number of hydrogen-bond donors (Lipinski definition) is 1. The first-order valence-corrected chi connectivity index (χ1v) is 15.5. The van der Waals surface area contributed by atoms with Gasteiger partial charge in [0, 0.05) is 56.9 Å². The summed E-state index contributed by atoms with van der Waals surface area (Å²) >= 11 is 1.77. The number of aromatic nitrogens is 3. The fourth-order valence-corrected chi connectivity index (χ4v) is 7.21. The third-order valence-electron chi connectivity index (χ3n) is 9.00. The second kappa shape index (κ2) is 10.5. The fraction of sp³-hybridized carbons (Fsp3) is 0.533. The van der Waals surface area contributed by atoms with E-state index >= 15 is 4.39 Å². The number of amides is 1. The molecule has 2 aromatic heterocycles. The maximum atomic E-state index is 16.0. The van der Waals surface area contributed by atoms with Gasteiger partial charge in [0.1, 0.15) is 0 Å². The summed E-state index contributed by atoms with van der Waals surface area (Å²) in [5, 5.41) is 9.33. The molecule has 1 N–H and O–H groups in total. The van der Waals surface area contributed by atoms with Crippen molar-refractivity contribution in [1.29, 1.82) is 0 Å². The molecule has 1 amide bonds. The molecule has 0 radical (unpaired) electrons. The molecule has 1 aliphatic carbocycles. The van der Waals surface area contributed by atoms with E-state index < -0.39 is 5.82 Å². The van der Waals surface area contributed by atoms with Crippen LogP contribution in [0.1, 0.15) is 45.4 Å². The third kappa shape index (κ3) is 5.24. The number of rotatable bonds is 3. The summed E-state index contributed by atoms with van der Waals surface area (Å²) in [5.74, 6) is 0.152. The van der Waals surface area contributed by atoms with Crippen LogP contribution in [0.15, 0.2) is 34.9 Å². The molecule has 8 rings (SSSR count). The lowest BCUT2D eigenvalue weighted by Gasteiger charge is -2.43. The van der Waals surface area contributed by atoms with Gasteiger partial charge in [-0.15, -0.1) is 10.2 Å². The summed E-state index contributed by atoms with van der Waals surface area (Å²) in [5.41, 5.74) is 3.11. The first kappa shape index (κ1) is 26.6. The van der Waals surface area contributed by atoms with Gasteiger partial charge in [0.2, 0.25) is 11.8 Å². The molecule has 8 bridgehead atoms. The highest BCUT2D eigenvalue weighted by Gasteiger charge is 2.37. The van der Waals surface area contributed by atoms with Gasteiger partial charge in [-0.3, -0.25) is 4.79 Å². The highest BCUT2D eigenvalue weighted by Crippen LogP contribution is 2.41. The smallest absolute Gasteiger partial charge is 0.251 e. The second-order valence-electron chi connectivity index (χ2n) is 12.3. The van der Waals surface area contributed by atoms with Gasteiger partial charge < -0.3 is 23.8 Å². The topological polar surface area (TPSA) is 90.6 Å². The first-order chi connectivity index (χ1) is 19.9. The number of carbonyl (C=O) groups is 1. The van der Waals surface area contributed by atoms with Gasteiger partial charge in [-0.2, -0.15) is 0 Å². The summed E-state index contributed by atoms with van der Waals surface area (Å²) in [6.45, 7) is 5.79. The lowest BCUT2D eigenvalue weighted by molar-refractivity contribution is -0.136. The number of fused-ring (bicyclic) bond motifs is 4. The van der Waals surface area contributed by atoms with Gasteiger partial charge in [0.25, 0.3) is 5.89 Å². The first-order valence-electron chi connectivity index (χ1n) is 14.7. The minimum atomic E-state index is -0.502. The number of piperidine rings is 2. The van der Waals surface area contributed by atoms with Gasteiger partial charge >= 0.3 is 0 Å². The predicted molar refractivity (Wildman–Crippen MR) is 159 cm³/mol. The Balaban J connectivity index is 1.30. The van der Waals surface area contributed by atoms with Crippen molar-refractivity contribution in [3.8, 4) is 22.9 Å². The SMILES string of the molecule is CN1CC2(C)CCN(CC2)c2cc(NSC3CC3)ccc2-c2nnc(o2)-c2ccnc(c2F)N2CCCC(C2)C1=O. The Kier molecular flexibility index (Phi) is 6.79. The van der Waals surface area contributed by atoms with Crippen molar-refractivity contribution < 1.29 is 13.6 Å². The molecular formula is C30H36FN7O2S. The van der Waals surface area contributed by atoms with Crippen LogP contribution in [-0.4, -0.2) is 71.0 Å². The van der Waals surface area contributed by atoms with Crippen LogP contribution >= 0.6 is 11.9 Å². The Morgan fingerprint density at radius 1 is 1.05 bits per heavy atom. The van der Waals surface area contributed by atoms with Crippen LogP contribution in [0.4, 0.5) is 21.6 Å². The highest BCUT2D eigenvalue weighted by atomic mass is 32.2. The molecule has 6 heterocycles. The zero-order chi connectivity index (χ0) is 28.1. The van der Waals surface area contributed by atoms with Crippen molar-refractivity contribution in [2.24, 2.45) is 11.3 Å². The van der Waals surface area contributed by atoms with Crippen LogP contribution < -0.4 is 14.5 Å². The zero-order valence-electron chi connectivity index (χ0n) is 23.6. The van der Waals surface area contributed by atoms with Crippen LogP contribution in [0, 0.1) is 17.2 Å². The monoisotopic (exact) mass is 577 g/mol. The molecule has 1 unspecified atom stereocenters. The molecule has 3 aromatic rings. The van der Waals surface area contributed by atoms with E-state index in [2.05, 4.69) is 37.8 Å². The molecule has 11 heteroatoms. The molecule has 41 heavy (non-hydrogen) atoms. The van der Waals surface area contributed by atoms with E-state index in [1.807, 2.05) is 29.0 Å². The van der Waals surface area contributed by atoms with E-state index in [0.717, 1.165) is 55.7 Å². The Morgan fingerprint density at radius 3 is 2.61 bits per heavy atom. The highest BCUT2D eigenvalue weighted by molar-refractivity contribution is 8.01. The number of hydrogen-bond acceptors (Lipinski definition) is 9. The molecule has 1 atom stereocenters. The van der Waals surface area contributed by atoms with Crippen LogP contribution in [0.5, 0.6) is 0 Å². The molecule has 1 aromatic carbocycles. The number of nitrogens with one attached hydrogen (secondary N) is 1. The third-order valence-corrected chi connectivity index (χ3v) is 10.2. The Labute approximate surface area is 244 Å². The van der Waals surface area contributed by atoms with Crippen molar-refractivity contribution in [2.75, 3.05) is 54.3 Å². The molecule has 216 valence electrons. The lowest BCUT2D eigenvalue weighted by Crippen LogP contribution is -2.49. The summed E-state index contributed by atoms with van der Waals surface area (Å²) in [6, 6.07) is 7.79. The Bertz CT molecular complexity index is 1450. The van der Waals surface area contributed by atoms with Crippen molar-refractivity contribution >= 4 is 35.0 Å². The average molecular weight is 578 g/mol. The van der Waals surface area contributed by atoms with E-state index in [1.165, 1.54) is 12.8 Å². The summed E-state index contributed by atoms with van der Waals surface area (Å²) < 4.78 is 25.6. The number of carbonyl (C=O) groups excluding carboxylic acids is 1. The van der Waals surface area contributed by atoms with E-state index in [0.29, 0.717) is 30.8 Å². The lowest BCUT2D eigenvalue weighted by atomic mass is 9.79. The number of benzene rings is 1. The molecule has 3 fully saturated rings. The van der Waals surface area contributed by atoms with E-state index in [4.69, 9.17) is 4.42 Å². The van der Waals surface area contributed by atoms with Crippen molar-refractivity contribution in [3.63, 3.8) is 0 Å². The Hall–Kier alpha value is -3.34. The minimum absolute atomic E-state index is 0.0121. The van der Waals surface area contributed by atoms with Gasteiger partial charge in [0.05, 0.1) is 22.7 Å². The molecule has 9 nitrogen and oxygen atoms in total. The summed E-state index contributed by atoms with van der Waals surface area (Å²) in [6.07, 6.45) is 7.60. The predicted octanol–water partition coefficient (Wildman–Crippen LogP) is 5.46. The molecule has 5 aliphatic rings. The van der Waals surface area contributed by atoms with E-state index in [1.54, 1.807) is 24.2 Å². The summed E-state index contributed by atoms with van der Waals surface area (Å²) in [4.78, 5) is 24.2. The maximum absolute atomic E-state index is 16.0. The maximum Gasteiger partial charge on any atom is 0.251 e. The number of halogens is 1. The van der Waals surface area contributed by atoms with Gasteiger partial charge in [-0.1, -0.05) is 6.92 Å². The molecular weight excluding hydrogens is 541 g/mol. The standard InChI is InChI=1S/C30H36FN7O2S/c1-30-10-14-37(15-11-30)24-16-20(35-41-21-6-7-21)5-8-22(24)27-33-34-28(40-27)23-9-12-32-26(25(23)31)38-13-3-4-19(17-38)29(39)36(2)18-30/h5,8-9,12,16,19,21,35H,3-4,6-7,10-11,13-15,17-18H2,1-2H3. The van der Waals surface area contributed by atoms with Gasteiger partial charge in [0.15, 0.2) is 11.6 Å². The van der Waals surface area contributed by atoms with E-state index in [-0.39, 0.29) is 34.5 Å². The molecule has 4 aliphatic heterocycles. The van der Waals surface area contributed by atoms with Crippen LogP contribution in [0.25, 0.3) is 22.9 Å². The summed E-state index contributed by atoms with van der Waals surface area (Å²) in [7, 11) is 1.92. The van der Waals surface area contributed by atoms with Crippen LogP contribution in [0.3, 0.4) is 0 Å². The normalized spacial score (nSPS) is 24.6. The minimum Gasteiger partial charge on any atom is -0.416 e. The Morgan fingerprint density at radius 2 is 1.83 bits per heavy atom. The van der Waals surface area contributed by atoms with Crippen LogP contribution in [-0.2, 0) is 4.79 Å². The van der Waals surface area contributed by atoms with Crippen molar-refractivity contribution in [1.82, 2.24) is 20.1 Å². The molecule has 1 saturated carbocycles. The second-order valence-corrected chi connectivity index (χ2v) is 13.4.